The summed E-state index contributed by atoms with van der Waals surface area (Å²) in [5.41, 5.74) is 2.63. The van der Waals surface area contributed by atoms with Gasteiger partial charge < -0.3 is 10.2 Å². The van der Waals surface area contributed by atoms with Crippen LogP contribution < -0.4 is 10.2 Å². The molecule has 2 nitrogen and oxygen atoms in total. The minimum atomic E-state index is 0.110. The first-order chi connectivity index (χ1) is 9.78. The van der Waals surface area contributed by atoms with Crippen molar-refractivity contribution in [2.24, 2.45) is 5.92 Å². The van der Waals surface area contributed by atoms with E-state index in [1.165, 1.54) is 24.1 Å². The van der Waals surface area contributed by atoms with E-state index in [0.29, 0.717) is 6.04 Å². The van der Waals surface area contributed by atoms with Crippen molar-refractivity contribution in [1.82, 2.24) is 5.32 Å². The van der Waals surface area contributed by atoms with Crippen LogP contribution in [0.25, 0.3) is 0 Å². The van der Waals surface area contributed by atoms with Gasteiger partial charge in [0.25, 0.3) is 0 Å². The molecule has 2 rings (SSSR count). The van der Waals surface area contributed by atoms with E-state index in [9.17, 15) is 0 Å². The van der Waals surface area contributed by atoms with Gasteiger partial charge in [0.15, 0.2) is 0 Å². The van der Waals surface area contributed by atoms with Crippen molar-refractivity contribution < 1.29 is 0 Å². The highest BCUT2D eigenvalue weighted by Crippen LogP contribution is 2.37. The van der Waals surface area contributed by atoms with E-state index in [0.717, 1.165) is 24.0 Å². The van der Waals surface area contributed by atoms with Gasteiger partial charge in [-0.1, -0.05) is 23.7 Å². The highest BCUT2D eigenvalue weighted by Gasteiger charge is 2.27. The molecule has 0 atom stereocenters. The fraction of sp³-hybridized carbons (Fsp3) is 0.667. The van der Waals surface area contributed by atoms with E-state index >= 15 is 0 Å². The normalized spacial score (nSPS) is 15.6. The minimum Gasteiger partial charge on any atom is -0.367 e. The number of nitrogens with zero attached hydrogens (tertiary/aromatic N) is 1. The third kappa shape index (κ3) is 4.89. The average molecular weight is 309 g/mol. The number of halogens is 1. The van der Waals surface area contributed by atoms with Crippen molar-refractivity contribution in [3.05, 3.63) is 28.8 Å². The molecule has 1 fully saturated rings. The molecule has 0 heterocycles. The number of benzene rings is 1. The standard InChI is InChI=1S/C18H29ClN2/c1-13(2)21(12-14-9-10-14)17-15(7-6-8-16(17)19)11-20-18(3,4)5/h6-8,13-14,20H,9-12H2,1-5H3. The summed E-state index contributed by atoms with van der Waals surface area (Å²) in [6.07, 6.45) is 2.73. The molecule has 1 N–H and O–H groups in total. The number of para-hydroxylation sites is 1. The largest absolute Gasteiger partial charge is 0.367 e. The maximum atomic E-state index is 6.55. The highest BCUT2D eigenvalue weighted by atomic mass is 35.5. The Morgan fingerprint density at radius 1 is 1.29 bits per heavy atom. The molecule has 1 aliphatic carbocycles. The molecular formula is C18H29ClN2. The van der Waals surface area contributed by atoms with Crippen LogP contribution in [0.1, 0.15) is 53.0 Å². The number of anilines is 1. The summed E-state index contributed by atoms with van der Waals surface area (Å²) in [4.78, 5) is 2.49. The molecule has 0 spiro atoms. The minimum absolute atomic E-state index is 0.110. The van der Waals surface area contributed by atoms with Gasteiger partial charge >= 0.3 is 0 Å². The molecule has 3 heteroatoms. The summed E-state index contributed by atoms with van der Waals surface area (Å²) >= 11 is 6.55. The van der Waals surface area contributed by atoms with Crippen molar-refractivity contribution in [2.45, 2.75) is 65.6 Å². The molecule has 0 bridgehead atoms. The molecular weight excluding hydrogens is 280 g/mol. The predicted molar refractivity (Wildman–Crippen MR) is 93.3 cm³/mol. The molecule has 118 valence electrons. The number of rotatable bonds is 6. The third-order valence-corrected chi connectivity index (χ3v) is 4.25. The number of nitrogens with one attached hydrogen (secondary N) is 1. The van der Waals surface area contributed by atoms with Gasteiger partial charge in [-0.2, -0.15) is 0 Å². The van der Waals surface area contributed by atoms with Crippen molar-refractivity contribution in [3.8, 4) is 0 Å². The average Bonchev–Trinajstić information content (AvgIpc) is 3.17. The van der Waals surface area contributed by atoms with Crippen LogP contribution in [0.3, 0.4) is 0 Å². The van der Waals surface area contributed by atoms with Gasteiger partial charge in [0.2, 0.25) is 0 Å². The maximum absolute atomic E-state index is 6.55. The Balaban J connectivity index is 2.26. The predicted octanol–water partition coefficient (Wildman–Crippen LogP) is 4.85. The molecule has 1 saturated carbocycles. The fourth-order valence-electron chi connectivity index (χ4n) is 2.52. The molecule has 21 heavy (non-hydrogen) atoms. The summed E-state index contributed by atoms with van der Waals surface area (Å²) in [6, 6.07) is 6.74. The Hall–Kier alpha value is -0.730. The van der Waals surface area contributed by atoms with Gasteiger partial charge in [-0.3, -0.25) is 0 Å². The van der Waals surface area contributed by atoms with Gasteiger partial charge in [-0.05, 0) is 65.0 Å². The van der Waals surface area contributed by atoms with Crippen molar-refractivity contribution in [1.29, 1.82) is 0 Å². The van der Waals surface area contributed by atoms with Gasteiger partial charge in [0.1, 0.15) is 0 Å². The molecule has 1 aromatic rings. The SMILES string of the molecule is CC(C)N(CC1CC1)c1c(Cl)cccc1CNC(C)(C)C. The smallest absolute Gasteiger partial charge is 0.0643 e. The summed E-state index contributed by atoms with van der Waals surface area (Å²) in [7, 11) is 0. The van der Waals surface area contributed by atoms with Crippen LogP contribution in [-0.4, -0.2) is 18.1 Å². The number of hydrogen-bond acceptors (Lipinski definition) is 2. The highest BCUT2D eigenvalue weighted by molar-refractivity contribution is 6.33. The van der Waals surface area contributed by atoms with Gasteiger partial charge in [-0.25, -0.2) is 0 Å². The van der Waals surface area contributed by atoms with E-state index in [-0.39, 0.29) is 5.54 Å². The van der Waals surface area contributed by atoms with Crippen LogP contribution >= 0.6 is 11.6 Å². The number of hydrogen-bond donors (Lipinski definition) is 1. The van der Waals surface area contributed by atoms with E-state index in [1.807, 2.05) is 6.07 Å². The Bertz CT molecular complexity index is 473. The zero-order valence-electron chi connectivity index (χ0n) is 14.0. The topological polar surface area (TPSA) is 15.3 Å². The first-order valence-corrected chi connectivity index (χ1v) is 8.45. The maximum Gasteiger partial charge on any atom is 0.0643 e. The van der Waals surface area contributed by atoms with Crippen LogP contribution in [-0.2, 0) is 6.54 Å². The molecule has 0 aromatic heterocycles. The zero-order chi connectivity index (χ0) is 15.6. The molecule has 0 unspecified atom stereocenters. The Labute approximate surface area is 134 Å². The lowest BCUT2D eigenvalue weighted by Gasteiger charge is -2.33. The molecule has 0 saturated heterocycles. The second-order valence-corrected chi connectivity index (χ2v) is 7.95. The van der Waals surface area contributed by atoms with Gasteiger partial charge in [0.05, 0.1) is 10.7 Å². The Morgan fingerprint density at radius 2 is 1.95 bits per heavy atom. The monoisotopic (exact) mass is 308 g/mol. The van der Waals surface area contributed by atoms with Crippen LogP contribution in [0.4, 0.5) is 5.69 Å². The Kier molecular flexibility index (Phi) is 5.21. The van der Waals surface area contributed by atoms with Crippen molar-refractivity contribution in [2.75, 3.05) is 11.4 Å². The molecule has 0 amide bonds. The van der Waals surface area contributed by atoms with Crippen LogP contribution in [0.15, 0.2) is 18.2 Å². The molecule has 1 aliphatic rings. The third-order valence-electron chi connectivity index (χ3n) is 3.94. The van der Waals surface area contributed by atoms with Crippen LogP contribution in [0, 0.1) is 5.92 Å². The first kappa shape index (κ1) is 16.6. The van der Waals surface area contributed by atoms with E-state index in [1.54, 1.807) is 0 Å². The van der Waals surface area contributed by atoms with E-state index in [4.69, 9.17) is 11.6 Å². The zero-order valence-corrected chi connectivity index (χ0v) is 14.8. The molecule has 0 aliphatic heterocycles. The lowest BCUT2D eigenvalue weighted by Crippen LogP contribution is -2.37. The fourth-order valence-corrected chi connectivity index (χ4v) is 2.83. The van der Waals surface area contributed by atoms with E-state index < -0.39 is 0 Å². The quantitative estimate of drug-likeness (QED) is 0.808. The van der Waals surface area contributed by atoms with Crippen molar-refractivity contribution in [3.63, 3.8) is 0 Å². The van der Waals surface area contributed by atoms with Gasteiger partial charge in [0, 0.05) is 24.7 Å². The van der Waals surface area contributed by atoms with Crippen LogP contribution in [0.2, 0.25) is 5.02 Å². The summed E-state index contributed by atoms with van der Waals surface area (Å²) in [6.45, 7) is 13.1. The van der Waals surface area contributed by atoms with E-state index in [2.05, 4.69) is 57.0 Å². The lowest BCUT2D eigenvalue weighted by molar-refractivity contribution is 0.424. The van der Waals surface area contributed by atoms with Crippen molar-refractivity contribution >= 4 is 17.3 Å². The summed E-state index contributed by atoms with van der Waals surface area (Å²) in [5, 5.41) is 4.46. The first-order valence-electron chi connectivity index (χ1n) is 8.07. The summed E-state index contributed by atoms with van der Waals surface area (Å²) in [5.74, 6) is 0.854. The van der Waals surface area contributed by atoms with Crippen LogP contribution in [0.5, 0.6) is 0 Å². The second-order valence-electron chi connectivity index (χ2n) is 7.54. The molecule has 0 radical (unpaired) electrons. The lowest BCUT2D eigenvalue weighted by atomic mass is 10.1. The second kappa shape index (κ2) is 6.58. The Morgan fingerprint density at radius 3 is 2.48 bits per heavy atom. The molecule has 1 aromatic carbocycles. The summed E-state index contributed by atoms with van der Waals surface area (Å²) < 4.78 is 0. The van der Waals surface area contributed by atoms with Gasteiger partial charge in [-0.15, -0.1) is 0 Å².